The second kappa shape index (κ2) is 13.3. The van der Waals surface area contributed by atoms with Gasteiger partial charge in [-0.15, -0.1) is 0 Å². The molecule has 2 amide bonds. The van der Waals surface area contributed by atoms with E-state index in [0.717, 1.165) is 0 Å². The van der Waals surface area contributed by atoms with Crippen LogP contribution in [0.2, 0.25) is 0 Å². The van der Waals surface area contributed by atoms with Crippen molar-refractivity contribution in [2.75, 3.05) is 12.4 Å². The van der Waals surface area contributed by atoms with Gasteiger partial charge in [-0.25, -0.2) is 4.79 Å². The molecule has 2 N–H and O–H groups in total. The molecule has 0 bridgehead atoms. The molecule has 200 valence electrons. The Morgan fingerprint density at radius 3 is 2.15 bits per heavy atom. The van der Waals surface area contributed by atoms with Crippen LogP contribution >= 0.6 is 12.6 Å². The first-order valence-corrected chi connectivity index (χ1v) is 12.9. The van der Waals surface area contributed by atoms with Crippen molar-refractivity contribution >= 4 is 41.4 Å². The van der Waals surface area contributed by atoms with Crippen LogP contribution in [0.25, 0.3) is 10.8 Å². The molecule has 0 aliphatic heterocycles. The Morgan fingerprint density at radius 1 is 0.821 bits per heavy atom. The number of nitrogens with one attached hydrogen (secondary N) is 1. The van der Waals surface area contributed by atoms with Gasteiger partial charge >= 0.3 is 12.1 Å². The Morgan fingerprint density at radius 2 is 1.46 bits per heavy atom. The highest BCUT2D eigenvalue weighted by Gasteiger charge is 2.32. The number of imide groups is 1. The fraction of sp³-hybridized carbons (Fsp3) is 0.167. The molecule has 39 heavy (non-hydrogen) atoms. The molecule has 8 nitrogen and oxygen atoms in total. The fourth-order valence-corrected chi connectivity index (χ4v) is 4.17. The number of aromatic hydroxyl groups is 1. The topological polar surface area (TPSA) is 111 Å². The first-order chi connectivity index (χ1) is 19.0. The number of benzene rings is 4. The van der Waals surface area contributed by atoms with Crippen molar-refractivity contribution in [3.8, 4) is 11.5 Å². The number of fused-ring (bicyclic) bond motifs is 1. The maximum atomic E-state index is 13.0. The van der Waals surface area contributed by atoms with Gasteiger partial charge in [0.2, 0.25) is 0 Å². The summed E-state index contributed by atoms with van der Waals surface area (Å²) in [4.78, 5) is 37.4. The van der Waals surface area contributed by atoms with E-state index in [-0.39, 0.29) is 30.1 Å². The lowest BCUT2D eigenvalue weighted by Crippen LogP contribution is -2.37. The van der Waals surface area contributed by atoms with Crippen molar-refractivity contribution in [3.05, 3.63) is 108 Å². The SMILES string of the molecule is O=C(CS)OCC[C@@H](Oc1ccccc1)[C@H](OC(=O)NC(=O)c1ccccc1)c1ccc(O)c2ccccc12. The molecule has 9 heteroatoms. The van der Waals surface area contributed by atoms with Gasteiger partial charge < -0.3 is 19.3 Å². The van der Waals surface area contributed by atoms with Crippen molar-refractivity contribution < 1.29 is 33.7 Å². The molecule has 0 saturated heterocycles. The van der Waals surface area contributed by atoms with Gasteiger partial charge in [0, 0.05) is 22.9 Å². The summed E-state index contributed by atoms with van der Waals surface area (Å²) < 4.78 is 17.3. The molecular weight excluding hydrogens is 518 g/mol. The first-order valence-electron chi connectivity index (χ1n) is 12.2. The van der Waals surface area contributed by atoms with E-state index in [0.29, 0.717) is 22.1 Å². The third-order valence-electron chi connectivity index (χ3n) is 5.89. The second-order valence-corrected chi connectivity index (χ2v) is 8.82. The van der Waals surface area contributed by atoms with Crippen LogP contribution in [0, 0.1) is 0 Å². The van der Waals surface area contributed by atoms with Gasteiger partial charge in [0.05, 0.1) is 12.4 Å². The summed E-state index contributed by atoms with van der Waals surface area (Å²) in [5.74, 6) is -0.661. The highest BCUT2D eigenvalue weighted by atomic mass is 32.1. The standard InChI is InChI=1S/C30H27NO7S/c32-25-16-15-24(22-13-7-8-14-23(22)25)28(38-30(35)31-29(34)20-9-3-1-4-10-20)26(17-18-36-27(33)19-39)37-21-11-5-2-6-12-21/h1-16,26,28,32,39H,17-19H2,(H,31,34,35)/t26-,28-/m1/s1. The van der Waals surface area contributed by atoms with Crippen LogP contribution in [-0.4, -0.2) is 41.5 Å². The van der Waals surface area contributed by atoms with Gasteiger partial charge in [-0.05, 0) is 35.7 Å². The fourth-order valence-electron chi connectivity index (χ4n) is 4.07. The molecule has 0 aliphatic rings. The number of ether oxygens (including phenoxy) is 3. The van der Waals surface area contributed by atoms with Crippen molar-refractivity contribution in [2.45, 2.75) is 18.6 Å². The van der Waals surface area contributed by atoms with Crippen molar-refractivity contribution in [3.63, 3.8) is 0 Å². The van der Waals surface area contributed by atoms with Gasteiger partial charge in [0.1, 0.15) is 17.6 Å². The Kier molecular flexibility index (Phi) is 9.42. The molecule has 0 saturated carbocycles. The van der Waals surface area contributed by atoms with Gasteiger partial charge in [-0.3, -0.25) is 14.9 Å². The number of hydrogen-bond donors (Lipinski definition) is 3. The third-order valence-corrected chi connectivity index (χ3v) is 6.15. The van der Waals surface area contributed by atoms with E-state index in [1.165, 1.54) is 6.07 Å². The normalized spacial score (nSPS) is 12.2. The van der Waals surface area contributed by atoms with E-state index in [9.17, 15) is 19.5 Å². The molecule has 0 aliphatic carbocycles. The number of thiol groups is 1. The predicted octanol–water partition coefficient (Wildman–Crippen LogP) is 5.46. The second-order valence-electron chi connectivity index (χ2n) is 8.50. The number of esters is 1. The van der Waals surface area contributed by atoms with E-state index in [1.807, 2.05) is 6.07 Å². The number of carbonyl (C=O) groups excluding carboxylic acids is 3. The lowest BCUT2D eigenvalue weighted by atomic mass is 9.95. The molecule has 0 unspecified atom stereocenters. The predicted molar refractivity (Wildman–Crippen MR) is 149 cm³/mol. The van der Waals surface area contributed by atoms with E-state index in [4.69, 9.17) is 14.2 Å². The molecule has 0 heterocycles. The van der Waals surface area contributed by atoms with Crippen molar-refractivity contribution in [1.82, 2.24) is 5.32 Å². The minimum atomic E-state index is -1.06. The Balaban J connectivity index is 1.70. The lowest BCUT2D eigenvalue weighted by Gasteiger charge is -2.29. The average molecular weight is 546 g/mol. The van der Waals surface area contributed by atoms with Gasteiger partial charge in [0.15, 0.2) is 6.10 Å². The molecule has 0 radical (unpaired) electrons. The molecule has 4 aromatic rings. The molecular formula is C30H27NO7S. The number of alkyl carbamates (subject to hydrolysis) is 1. The van der Waals surface area contributed by atoms with Crippen molar-refractivity contribution in [2.24, 2.45) is 0 Å². The summed E-state index contributed by atoms with van der Waals surface area (Å²) in [5.41, 5.74) is 0.823. The number of phenolic OH excluding ortho intramolecular Hbond substituents is 1. The van der Waals surface area contributed by atoms with Crippen LogP contribution in [0.3, 0.4) is 0 Å². The molecule has 0 fully saturated rings. The summed E-state index contributed by atoms with van der Waals surface area (Å²) in [5, 5.41) is 13.9. The van der Waals surface area contributed by atoms with E-state index in [1.54, 1.807) is 84.9 Å². The van der Waals surface area contributed by atoms with E-state index in [2.05, 4.69) is 17.9 Å². The Bertz CT molecular complexity index is 1430. The molecule has 0 spiro atoms. The van der Waals surface area contributed by atoms with Crippen LogP contribution in [0.5, 0.6) is 11.5 Å². The van der Waals surface area contributed by atoms with Crippen LogP contribution in [-0.2, 0) is 14.3 Å². The van der Waals surface area contributed by atoms with Gasteiger partial charge in [-0.1, -0.05) is 66.7 Å². The first kappa shape index (κ1) is 27.5. The number of hydrogen-bond acceptors (Lipinski definition) is 8. The summed E-state index contributed by atoms with van der Waals surface area (Å²) in [6, 6.07) is 27.4. The van der Waals surface area contributed by atoms with Crippen molar-refractivity contribution in [1.29, 1.82) is 0 Å². The largest absolute Gasteiger partial charge is 0.507 e. The number of amides is 2. The Hall–Kier alpha value is -4.50. The molecule has 4 rings (SSSR count). The molecule has 0 aromatic heterocycles. The molecule has 4 aromatic carbocycles. The summed E-state index contributed by atoms with van der Waals surface area (Å²) >= 11 is 3.94. The number of carbonyl (C=O) groups is 3. The maximum Gasteiger partial charge on any atom is 0.414 e. The van der Waals surface area contributed by atoms with E-state index >= 15 is 0 Å². The maximum absolute atomic E-state index is 13.0. The zero-order chi connectivity index (χ0) is 27.6. The number of rotatable bonds is 10. The smallest absolute Gasteiger partial charge is 0.414 e. The van der Waals surface area contributed by atoms with Crippen LogP contribution in [0.15, 0.2) is 97.1 Å². The average Bonchev–Trinajstić information content (AvgIpc) is 2.97. The van der Waals surface area contributed by atoms with Gasteiger partial charge in [-0.2, -0.15) is 12.6 Å². The zero-order valence-electron chi connectivity index (χ0n) is 20.9. The molecule has 2 atom stereocenters. The minimum Gasteiger partial charge on any atom is -0.507 e. The third kappa shape index (κ3) is 7.30. The summed E-state index contributed by atoms with van der Waals surface area (Å²) in [6.07, 6.45) is -2.74. The number of phenols is 1. The minimum absolute atomic E-state index is 0.0304. The van der Waals surface area contributed by atoms with Crippen LogP contribution in [0.1, 0.15) is 28.4 Å². The number of para-hydroxylation sites is 1. The lowest BCUT2D eigenvalue weighted by molar-refractivity contribution is -0.141. The Labute approximate surface area is 230 Å². The summed E-state index contributed by atoms with van der Waals surface area (Å²) in [6.45, 7) is -0.0304. The van der Waals surface area contributed by atoms with Gasteiger partial charge in [0.25, 0.3) is 5.91 Å². The van der Waals surface area contributed by atoms with Crippen LogP contribution < -0.4 is 10.1 Å². The highest BCUT2D eigenvalue weighted by Crippen LogP contribution is 2.36. The monoisotopic (exact) mass is 545 g/mol. The quantitative estimate of drug-likeness (QED) is 0.179. The van der Waals surface area contributed by atoms with E-state index < -0.39 is 30.2 Å². The highest BCUT2D eigenvalue weighted by molar-refractivity contribution is 7.81. The zero-order valence-corrected chi connectivity index (χ0v) is 21.8. The summed E-state index contributed by atoms with van der Waals surface area (Å²) in [7, 11) is 0. The van der Waals surface area contributed by atoms with Crippen LogP contribution in [0.4, 0.5) is 4.79 Å².